The minimum absolute atomic E-state index is 0.383. The zero-order valence-corrected chi connectivity index (χ0v) is 8.57. The summed E-state index contributed by atoms with van der Waals surface area (Å²) < 4.78 is 5.07. The first-order chi connectivity index (χ1) is 5.65. The summed E-state index contributed by atoms with van der Waals surface area (Å²) in [6.45, 7) is 0. The minimum Gasteiger partial charge on any atom is -0.463 e. The highest BCUT2D eigenvalue weighted by molar-refractivity contribution is 9.10. The first-order valence-electron chi connectivity index (χ1n) is 3.02. The van der Waals surface area contributed by atoms with Gasteiger partial charge < -0.3 is 4.74 Å². The molecule has 0 aliphatic rings. The molecule has 0 N–H and O–H groups in total. The van der Waals surface area contributed by atoms with Gasteiger partial charge in [-0.25, -0.2) is 4.79 Å². The quantitative estimate of drug-likeness (QED) is 0.456. The molecule has 0 aromatic carbocycles. The van der Waals surface area contributed by atoms with Gasteiger partial charge in [-0.15, -0.1) is 11.3 Å². The summed E-state index contributed by atoms with van der Waals surface area (Å²) in [7, 11) is 1.18. The molecule has 0 spiro atoms. The molecule has 0 fully saturated rings. The molecule has 12 heavy (non-hydrogen) atoms. The van der Waals surface area contributed by atoms with E-state index in [1.165, 1.54) is 18.4 Å². The number of halogens is 1. The van der Waals surface area contributed by atoms with Crippen LogP contribution in [0, 0.1) is 0 Å². The average molecular weight is 249 g/mol. The highest BCUT2D eigenvalue weighted by Crippen LogP contribution is 2.20. The third-order valence-corrected chi connectivity index (χ3v) is 2.85. The zero-order valence-electron chi connectivity index (χ0n) is 6.17. The second-order valence-corrected chi connectivity index (χ2v) is 3.78. The highest BCUT2D eigenvalue weighted by atomic mass is 79.9. The van der Waals surface area contributed by atoms with Gasteiger partial charge in [-0.2, -0.15) is 0 Å². The lowest BCUT2D eigenvalue weighted by Gasteiger charge is -1.92. The van der Waals surface area contributed by atoms with Gasteiger partial charge in [0.15, 0.2) is 0 Å². The monoisotopic (exact) mass is 248 g/mol. The standard InChI is InChI=1S/C7H5BrO3S/c1-11-7(10)6(9)5-2-4(8)3-12-5/h2-3H,1H3. The molecule has 1 aromatic heterocycles. The van der Waals surface area contributed by atoms with Crippen LogP contribution in [0.1, 0.15) is 9.67 Å². The van der Waals surface area contributed by atoms with Crippen molar-refractivity contribution in [2.45, 2.75) is 0 Å². The summed E-state index contributed by atoms with van der Waals surface area (Å²) in [5.74, 6) is -1.43. The van der Waals surface area contributed by atoms with Crippen molar-refractivity contribution in [1.82, 2.24) is 0 Å². The molecule has 0 amide bonds. The van der Waals surface area contributed by atoms with E-state index in [-0.39, 0.29) is 0 Å². The van der Waals surface area contributed by atoms with Crippen molar-refractivity contribution in [1.29, 1.82) is 0 Å². The van der Waals surface area contributed by atoms with Gasteiger partial charge in [0, 0.05) is 9.85 Å². The molecule has 3 nitrogen and oxygen atoms in total. The third kappa shape index (κ3) is 1.92. The van der Waals surface area contributed by atoms with Crippen LogP contribution < -0.4 is 0 Å². The van der Waals surface area contributed by atoms with Crippen LogP contribution in [0.3, 0.4) is 0 Å². The van der Waals surface area contributed by atoms with Crippen LogP contribution in [-0.2, 0) is 9.53 Å². The van der Waals surface area contributed by atoms with E-state index in [0.29, 0.717) is 4.88 Å². The predicted molar refractivity (Wildman–Crippen MR) is 48.4 cm³/mol. The van der Waals surface area contributed by atoms with Gasteiger partial charge in [0.25, 0.3) is 5.78 Å². The maximum atomic E-state index is 11.1. The van der Waals surface area contributed by atoms with Crippen molar-refractivity contribution >= 4 is 39.0 Å². The van der Waals surface area contributed by atoms with Crippen molar-refractivity contribution in [3.05, 3.63) is 20.8 Å². The number of esters is 1. The molecule has 0 radical (unpaired) electrons. The van der Waals surface area contributed by atoms with Gasteiger partial charge in [-0.1, -0.05) is 0 Å². The van der Waals surface area contributed by atoms with E-state index >= 15 is 0 Å². The second-order valence-electron chi connectivity index (χ2n) is 1.95. The number of thiophene rings is 1. The Bertz CT molecular complexity index is 318. The first kappa shape index (κ1) is 9.41. The summed E-state index contributed by atoms with van der Waals surface area (Å²) >= 11 is 4.38. The smallest absolute Gasteiger partial charge is 0.380 e. The second kappa shape index (κ2) is 3.82. The maximum Gasteiger partial charge on any atom is 0.380 e. The lowest BCUT2D eigenvalue weighted by atomic mass is 10.3. The fraction of sp³-hybridized carbons (Fsp3) is 0.143. The van der Waals surface area contributed by atoms with Gasteiger partial charge in [-0.05, 0) is 22.0 Å². The van der Waals surface area contributed by atoms with Crippen LogP contribution >= 0.6 is 27.3 Å². The molecule has 0 aliphatic carbocycles. The van der Waals surface area contributed by atoms with Gasteiger partial charge in [-0.3, -0.25) is 4.79 Å². The van der Waals surface area contributed by atoms with Crippen LogP contribution in [0.4, 0.5) is 0 Å². The van der Waals surface area contributed by atoms with E-state index in [2.05, 4.69) is 20.7 Å². The van der Waals surface area contributed by atoms with Crippen molar-refractivity contribution in [3.8, 4) is 0 Å². The summed E-state index contributed by atoms with van der Waals surface area (Å²) in [5, 5.41) is 1.73. The molecule has 1 aromatic rings. The molecule has 1 heterocycles. The topological polar surface area (TPSA) is 43.4 Å². The van der Waals surface area contributed by atoms with E-state index < -0.39 is 11.8 Å². The van der Waals surface area contributed by atoms with E-state index in [0.717, 1.165) is 4.47 Å². The number of Topliss-reactive ketones (excluding diaryl/α,β-unsaturated/α-hetero) is 1. The Kier molecular flexibility index (Phi) is 2.99. The zero-order chi connectivity index (χ0) is 9.14. The first-order valence-corrected chi connectivity index (χ1v) is 4.69. The SMILES string of the molecule is COC(=O)C(=O)c1cc(Br)cs1. The molecular weight excluding hydrogens is 244 g/mol. The van der Waals surface area contributed by atoms with Crippen LogP contribution in [0.5, 0.6) is 0 Å². The molecule has 5 heteroatoms. The van der Waals surface area contributed by atoms with Gasteiger partial charge in [0.2, 0.25) is 0 Å². The van der Waals surface area contributed by atoms with Crippen molar-refractivity contribution in [3.63, 3.8) is 0 Å². The number of hydrogen-bond donors (Lipinski definition) is 0. The fourth-order valence-electron chi connectivity index (χ4n) is 0.625. The molecule has 0 saturated carbocycles. The number of methoxy groups -OCH3 is 1. The van der Waals surface area contributed by atoms with E-state index in [9.17, 15) is 9.59 Å². The Hall–Kier alpha value is -0.680. The molecule has 0 aliphatic heterocycles. The van der Waals surface area contributed by atoms with Crippen molar-refractivity contribution < 1.29 is 14.3 Å². The largest absolute Gasteiger partial charge is 0.463 e. The minimum atomic E-state index is -0.829. The number of hydrogen-bond acceptors (Lipinski definition) is 4. The molecule has 0 atom stereocenters. The number of carbonyl (C=O) groups excluding carboxylic acids is 2. The van der Waals surface area contributed by atoms with Crippen LogP contribution in [0.2, 0.25) is 0 Å². The Morgan fingerprint density at radius 3 is 2.67 bits per heavy atom. The molecule has 0 saturated heterocycles. The Balaban J connectivity index is 2.85. The Morgan fingerprint density at radius 1 is 1.58 bits per heavy atom. The van der Waals surface area contributed by atoms with Crippen LogP contribution in [0.15, 0.2) is 15.9 Å². The summed E-state index contributed by atoms with van der Waals surface area (Å²) in [4.78, 5) is 22.2. The number of ketones is 1. The van der Waals surface area contributed by atoms with E-state index in [1.54, 1.807) is 11.4 Å². The van der Waals surface area contributed by atoms with E-state index in [1.807, 2.05) is 0 Å². The van der Waals surface area contributed by atoms with Crippen LogP contribution in [0.25, 0.3) is 0 Å². The van der Waals surface area contributed by atoms with Gasteiger partial charge in [0.1, 0.15) is 0 Å². The molecular formula is C7H5BrO3S. The molecule has 0 bridgehead atoms. The molecule has 1 rings (SSSR count). The summed E-state index contributed by atoms with van der Waals surface area (Å²) in [5.41, 5.74) is 0. The summed E-state index contributed by atoms with van der Waals surface area (Å²) in [6, 6.07) is 1.59. The third-order valence-electron chi connectivity index (χ3n) is 1.16. The summed E-state index contributed by atoms with van der Waals surface area (Å²) in [6.07, 6.45) is 0. The van der Waals surface area contributed by atoms with Gasteiger partial charge in [0.05, 0.1) is 12.0 Å². The fourth-order valence-corrected chi connectivity index (χ4v) is 1.98. The van der Waals surface area contributed by atoms with Crippen molar-refractivity contribution in [2.75, 3.05) is 7.11 Å². The number of rotatable bonds is 2. The highest BCUT2D eigenvalue weighted by Gasteiger charge is 2.17. The van der Waals surface area contributed by atoms with Gasteiger partial charge >= 0.3 is 5.97 Å². The Morgan fingerprint density at radius 2 is 2.25 bits per heavy atom. The number of carbonyl (C=O) groups is 2. The molecule has 64 valence electrons. The molecule has 0 unspecified atom stereocenters. The normalized spacial score (nSPS) is 9.50. The average Bonchev–Trinajstić information content (AvgIpc) is 2.49. The van der Waals surface area contributed by atoms with Crippen LogP contribution in [-0.4, -0.2) is 18.9 Å². The van der Waals surface area contributed by atoms with E-state index in [4.69, 9.17) is 0 Å². The lowest BCUT2D eigenvalue weighted by molar-refractivity contribution is -0.135. The predicted octanol–water partition coefficient (Wildman–Crippen LogP) is 1.87. The lowest BCUT2D eigenvalue weighted by Crippen LogP contribution is -2.13. The maximum absolute atomic E-state index is 11.1. The number of ether oxygens (including phenoxy) is 1. The Labute approximate surface area is 81.5 Å². The van der Waals surface area contributed by atoms with Crippen molar-refractivity contribution in [2.24, 2.45) is 0 Å².